The number of hydrogen-bond acceptors (Lipinski definition) is 7. The summed E-state index contributed by atoms with van der Waals surface area (Å²) in [5.41, 5.74) is -1.56. The van der Waals surface area contributed by atoms with Crippen LogP contribution >= 0.6 is 0 Å². The molecule has 3 fully saturated rings. The van der Waals surface area contributed by atoms with Crippen LogP contribution in [-0.4, -0.2) is 53.0 Å². The Labute approximate surface area is 170 Å². The fourth-order valence-electron chi connectivity index (χ4n) is 6.13. The molecule has 1 spiro atoms. The van der Waals surface area contributed by atoms with E-state index < -0.39 is 40.5 Å². The minimum Gasteiger partial charge on any atom is -0.472 e. The second-order valence-electron chi connectivity index (χ2n) is 9.35. The summed E-state index contributed by atoms with van der Waals surface area (Å²) in [6.45, 7) is 5.41. The molecule has 2 aliphatic carbocycles. The first kappa shape index (κ1) is 20.6. The lowest BCUT2D eigenvalue weighted by Crippen LogP contribution is -2.72. The van der Waals surface area contributed by atoms with Crippen LogP contribution in [0.5, 0.6) is 0 Å². The molecule has 3 aliphatic rings. The second kappa shape index (κ2) is 6.93. The fraction of sp³-hybridized carbons (Fsp3) is 0.727. The van der Waals surface area contributed by atoms with Crippen LogP contribution < -0.4 is 0 Å². The lowest BCUT2D eigenvalue weighted by Gasteiger charge is -2.62. The molecule has 4 rings (SSSR count). The molecule has 2 heterocycles. The van der Waals surface area contributed by atoms with E-state index in [0.717, 1.165) is 5.56 Å². The first-order valence-corrected chi connectivity index (χ1v) is 10.4. The van der Waals surface area contributed by atoms with Crippen LogP contribution in [-0.2, 0) is 25.5 Å². The van der Waals surface area contributed by atoms with Crippen molar-refractivity contribution in [2.45, 2.75) is 64.3 Å². The summed E-state index contributed by atoms with van der Waals surface area (Å²) in [6.07, 6.45) is 3.73. The van der Waals surface area contributed by atoms with Crippen LogP contribution in [0.15, 0.2) is 23.0 Å². The van der Waals surface area contributed by atoms with Gasteiger partial charge in [0.1, 0.15) is 23.7 Å². The Balaban J connectivity index is 1.79. The highest BCUT2D eigenvalue weighted by Crippen LogP contribution is 2.67. The third-order valence-electron chi connectivity index (χ3n) is 8.03. The molecule has 0 amide bonds. The number of ketones is 1. The van der Waals surface area contributed by atoms with Crippen LogP contribution in [0.1, 0.15) is 45.6 Å². The van der Waals surface area contributed by atoms with E-state index in [1.54, 1.807) is 12.5 Å². The van der Waals surface area contributed by atoms with Crippen LogP contribution in [0, 0.1) is 22.7 Å². The minimum atomic E-state index is -1.24. The molecule has 7 atom stereocenters. The van der Waals surface area contributed by atoms with Crippen LogP contribution in [0.2, 0.25) is 0 Å². The van der Waals surface area contributed by atoms with Crippen molar-refractivity contribution in [3.63, 3.8) is 0 Å². The molecule has 1 aromatic heterocycles. The zero-order chi connectivity index (χ0) is 21.0. The van der Waals surface area contributed by atoms with Gasteiger partial charge in [0.2, 0.25) is 0 Å². The molecule has 0 radical (unpaired) electrons. The van der Waals surface area contributed by atoms with Gasteiger partial charge in [0.25, 0.3) is 0 Å². The van der Waals surface area contributed by atoms with Crippen LogP contribution in [0.25, 0.3) is 0 Å². The van der Waals surface area contributed by atoms with Crippen LogP contribution in [0.4, 0.5) is 0 Å². The summed E-state index contributed by atoms with van der Waals surface area (Å²) >= 11 is 0. The van der Waals surface area contributed by atoms with Crippen LogP contribution in [0.3, 0.4) is 0 Å². The first-order valence-electron chi connectivity index (χ1n) is 10.4. The number of esters is 1. The maximum atomic E-state index is 13.6. The maximum Gasteiger partial charge on any atom is 0.302 e. The number of hydrogen-bond donors (Lipinski definition) is 2. The Morgan fingerprint density at radius 2 is 2.10 bits per heavy atom. The van der Waals surface area contributed by atoms with Crippen molar-refractivity contribution < 1.29 is 33.7 Å². The molecule has 1 aromatic rings. The molecule has 1 saturated heterocycles. The molecule has 0 bridgehead atoms. The van der Waals surface area contributed by atoms with E-state index in [0.29, 0.717) is 32.3 Å². The average molecular weight is 406 g/mol. The Hall–Kier alpha value is -1.70. The number of aryl methyl sites for hydroxylation is 1. The van der Waals surface area contributed by atoms with Crippen molar-refractivity contribution in [2.24, 2.45) is 22.7 Å². The number of aliphatic hydroxyl groups is 2. The third-order valence-corrected chi connectivity index (χ3v) is 8.03. The van der Waals surface area contributed by atoms with Crippen molar-refractivity contribution >= 4 is 11.8 Å². The Kier molecular flexibility index (Phi) is 4.91. The van der Waals surface area contributed by atoms with Gasteiger partial charge in [-0.2, -0.15) is 0 Å². The van der Waals surface area contributed by atoms with E-state index in [9.17, 15) is 19.8 Å². The number of ether oxygens (including phenoxy) is 2. The highest BCUT2D eigenvalue weighted by Gasteiger charge is 2.77. The van der Waals surface area contributed by atoms with Gasteiger partial charge >= 0.3 is 5.97 Å². The number of Topliss-reactive ketones (excluding diaryl/α,β-unsaturated/α-hetero) is 1. The van der Waals surface area contributed by atoms with Gasteiger partial charge in [0.15, 0.2) is 5.78 Å². The summed E-state index contributed by atoms with van der Waals surface area (Å²) in [5.74, 6) is -1.70. The highest BCUT2D eigenvalue weighted by atomic mass is 16.6. The van der Waals surface area contributed by atoms with Gasteiger partial charge < -0.3 is 24.1 Å². The van der Waals surface area contributed by atoms with Gasteiger partial charge in [-0.25, -0.2) is 0 Å². The normalized spacial score (nSPS) is 43.8. The van der Waals surface area contributed by atoms with E-state index in [-0.39, 0.29) is 18.3 Å². The molecule has 1 aliphatic heterocycles. The van der Waals surface area contributed by atoms with Crippen molar-refractivity contribution in [1.82, 2.24) is 0 Å². The minimum absolute atomic E-state index is 0.173. The summed E-state index contributed by atoms with van der Waals surface area (Å²) in [6, 6.07) is 1.90. The zero-order valence-electron chi connectivity index (χ0n) is 17.2. The number of aliphatic hydroxyl groups excluding tert-OH is 2. The Morgan fingerprint density at radius 1 is 1.38 bits per heavy atom. The molecule has 0 unspecified atom stereocenters. The monoisotopic (exact) mass is 406 g/mol. The van der Waals surface area contributed by atoms with Gasteiger partial charge in [-0.1, -0.05) is 13.8 Å². The molecule has 160 valence electrons. The SMILES string of the molecule is CC(=O)OC[C@@]12C(=O)[C@H](O)[C@@H](C)[C@](C)(CCc3ccoc3)[C@H]1[C@@H](O)CC[C@]21CO1. The largest absolute Gasteiger partial charge is 0.472 e. The highest BCUT2D eigenvalue weighted by molar-refractivity contribution is 5.93. The molecular weight excluding hydrogens is 376 g/mol. The van der Waals surface area contributed by atoms with Crippen molar-refractivity contribution in [2.75, 3.05) is 13.2 Å². The summed E-state index contributed by atoms with van der Waals surface area (Å²) in [5, 5.41) is 22.2. The predicted octanol–water partition coefficient (Wildman–Crippen LogP) is 1.89. The van der Waals surface area contributed by atoms with E-state index in [1.807, 2.05) is 19.9 Å². The van der Waals surface area contributed by atoms with E-state index in [1.165, 1.54) is 6.92 Å². The molecule has 7 heteroatoms. The molecule has 2 saturated carbocycles. The zero-order valence-corrected chi connectivity index (χ0v) is 17.2. The maximum absolute atomic E-state index is 13.6. The van der Waals surface area contributed by atoms with E-state index in [4.69, 9.17) is 13.9 Å². The molecule has 7 nitrogen and oxygen atoms in total. The molecule has 2 N–H and O–H groups in total. The van der Waals surface area contributed by atoms with Gasteiger partial charge in [-0.15, -0.1) is 0 Å². The number of rotatable bonds is 5. The number of carbonyl (C=O) groups excluding carboxylic acids is 2. The number of fused-ring (bicyclic) bond motifs is 2. The molecule has 0 aromatic carbocycles. The van der Waals surface area contributed by atoms with Crippen molar-refractivity contribution in [1.29, 1.82) is 0 Å². The first-order chi connectivity index (χ1) is 13.7. The van der Waals surface area contributed by atoms with Gasteiger partial charge in [0.05, 0.1) is 25.2 Å². The summed E-state index contributed by atoms with van der Waals surface area (Å²) in [7, 11) is 0. The fourth-order valence-corrected chi connectivity index (χ4v) is 6.13. The second-order valence-corrected chi connectivity index (χ2v) is 9.35. The topological polar surface area (TPSA) is 110 Å². The summed E-state index contributed by atoms with van der Waals surface area (Å²) in [4.78, 5) is 25.2. The Bertz CT molecular complexity index is 783. The molecule has 29 heavy (non-hydrogen) atoms. The van der Waals surface area contributed by atoms with E-state index >= 15 is 0 Å². The van der Waals surface area contributed by atoms with Crippen molar-refractivity contribution in [3.05, 3.63) is 24.2 Å². The molecular formula is C22H30O7. The smallest absolute Gasteiger partial charge is 0.302 e. The van der Waals surface area contributed by atoms with Gasteiger partial charge in [-0.3, -0.25) is 9.59 Å². The quantitative estimate of drug-likeness (QED) is 0.568. The average Bonchev–Trinajstić information content (AvgIpc) is 3.28. The lowest BCUT2D eigenvalue weighted by molar-refractivity contribution is -0.219. The standard InChI is InChI=1S/C22H30O7/c1-13-17(25)19(26)22(12-28-14(2)23)18(16(24)5-8-21(22)11-29-21)20(13,3)7-4-15-6-9-27-10-15/h6,9-10,13,16-18,24-25H,4-5,7-8,11-12H2,1-3H3/t13-,16+,17-,18-,20+,21+,22+/m1/s1. The number of carbonyl (C=O) groups is 2. The number of furan rings is 1. The lowest BCUT2D eigenvalue weighted by atomic mass is 9.42. The van der Waals surface area contributed by atoms with E-state index in [2.05, 4.69) is 0 Å². The third kappa shape index (κ3) is 2.89. The number of epoxide rings is 1. The van der Waals surface area contributed by atoms with Gasteiger partial charge in [0, 0.05) is 12.8 Å². The summed E-state index contributed by atoms with van der Waals surface area (Å²) < 4.78 is 16.4. The van der Waals surface area contributed by atoms with Gasteiger partial charge in [-0.05, 0) is 48.6 Å². The predicted molar refractivity (Wildman–Crippen MR) is 102 cm³/mol. The van der Waals surface area contributed by atoms with Crippen molar-refractivity contribution in [3.8, 4) is 0 Å². The Morgan fingerprint density at radius 3 is 2.69 bits per heavy atom.